The first-order valence-electron chi connectivity index (χ1n) is 9.32. The molecule has 1 fully saturated rings. The molecule has 0 bridgehead atoms. The Morgan fingerprint density at radius 3 is 2.76 bits per heavy atom. The van der Waals surface area contributed by atoms with Gasteiger partial charge in [-0.3, -0.25) is 4.79 Å². The van der Waals surface area contributed by atoms with Crippen molar-refractivity contribution in [3.63, 3.8) is 0 Å². The van der Waals surface area contributed by atoms with Crippen LogP contribution in [0.2, 0.25) is 0 Å². The van der Waals surface area contributed by atoms with Gasteiger partial charge in [0.05, 0.1) is 5.56 Å². The number of aromatic nitrogens is 1. The highest BCUT2D eigenvalue weighted by Crippen LogP contribution is 2.28. The Bertz CT molecular complexity index is 773. The molecule has 1 aromatic heterocycles. The van der Waals surface area contributed by atoms with Crippen molar-refractivity contribution in [2.75, 3.05) is 18.0 Å². The van der Waals surface area contributed by atoms with Crippen molar-refractivity contribution < 1.29 is 4.79 Å². The van der Waals surface area contributed by atoms with Gasteiger partial charge in [-0.1, -0.05) is 24.3 Å². The van der Waals surface area contributed by atoms with Gasteiger partial charge in [-0.25, -0.2) is 4.98 Å². The summed E-state index contributed by atoms with van der Waals surface area (Å²) in [5, 5.41) is 0. The number of carbonyl (C=O) groups excluding carboxylic acids is 1. The van der Waals surface area contributed by atoms with E-state index in [1.807, 2.05) is 17.0 Å². The molecule has 4 heteroatoms. The van der Waals surface area contributed by atoms with E-state index in [0.717, 1.165) is 50.3 Å². The minimum atomic E-state index is 0.133. The van der Waals surface area contributed by atoms with Crippen LogP contribution in [0.1, 0.15) is 47.7 Å². The first kappa shape index (κ1) is 16.1. The molecule has 130 valence electrons. The summed E-state index contributed by atoms with van der Waals surface area (Å²) in [6, 6.07) is 12.7. The van der Waals surface area contributed by atoms with Crippen LogP contribution in [-0.4, -0.2) is 34.9 Å². The van der Waals surface area contributed by atoms with Crippen molar-refractivity contribution in [2.24, 2.45) is 0 Å². The number of pyridine rings is 1. The highest BCUT2D eigenvalue weighted by molar-refractivity contribution is 5.99. The number of nitrogens with zero attached hydrogens (tertiary/aromatic N) is 3. The number of rotatable bonds is 2. The quantitative estimate of drug-likeness (QED) is 0.840. The van der Waals surface area contributed by atoms with Crippen molar-refractivity contribution in [2.45, 2.75) is 45.2 Å². The van der Waals surface area contributed by atoms with Crippen molar-refractivity contribution in [3.05, 3.63) is 59.3 Å². The smallest absolute Gasteiger partial charge is 0.257 e. The Labute approximate surface area is 149 Å². The van der Waals surface area contributed by atoms with Gasteiger partial charge in [0.15, 0.2) is 0 Å². The largest absolute Gasteiger partial charge is 0.351 e. The van der Waals surface area contributed by atoms with E-state index >= 15 is 0 Å². The Kier molecular flexibility index (Phi) is 4.43. The number of benzene rings is 1. The van der Waals surface area contributed by atoms with Crippen molar-refractivity contribution in [1.29, 1.82) is 0 Å². The van der Waals surface area contributed by atoms with Gasteiger partial charge in [0, 0.05) is 31.9 Å². The van der Waals surface area contributed by atoms with Gasteiger partial charge < -0.3 is 9.80 Å². The van der Waals surface area contributed by atoms with Gasteiger partial charge >= 0.3 is 0 Å². The lowest BCUT2D eigenvalue weighted by molar-refractivity contribution is 0.0636. The number of amides is 1. The standard InChI is InChI=1S/C21H25N3O/c1-16-7-4-5-13-24(16)21(25)19-10-6-12-22-20(19)23-14-11-17-8-2-3-9-18(17)15-23/h2-3,6,8-10,12,16H,4-5,7,11,13-15H2,1H3. The fourth-order valence-corrected chi connectivity index (χ4v) is 4.05. The average molecular weight is 335 g/mol. The maximum Gasteiger partial charge on any atom is 0.257 e. The molecule has 1 unspecified atom stereocenters. The summed E-state index contributed by atoms with van der Waals surface area (Å²) in [4.78, 5) is 22.1. The highest BCUT2D eigenvalue weighted by Gasteiger charge is 2.28. The summed E-state index contributed by atoms with van der Waals surface area (Å²) in [7, 11) is 0. The molecule has 0 radical (unpaired) electrons. The Morgan fingerprint density at radius 2 is 1.92 bits per heavy atom. The summed E-state index contributed by atoms with van der Waals surface area (Å²) in [5.41, 5.74) is 3.49. The van der Waals surface area contributed by atoms with Crippen LogP contribution in [0.3, 0.4) is 0 Å². The van der Waals surface area contributed by atoms with Gasteiger partial charge in [-0.15, -0.1) is 0 Å². The lowest BCUT2D eigenvalue weighted by Crippen LogP contribution is -2.43. The molecule has 1 aromatic carbocycles. The van der Waals surface area contributed by atoms with E-state index in [9.17, 15) is 4.79 Å². The topological polar surface area (TPSA) is 36.4 Å². The molecule has 0 N–H and O–H groups in total. The predicted octanol–water partition coefficient (Wildman–Crippen LogP) is 3.66. The molecule has 3 heterocycles. The second-order valence-electron chi connectivity index (χ2n) is 7.16. The van der Waals surface area contributed by atoms with E-state index in [1.54, 1.807) is 6.20 Å². The number of fused-ring (bicyclic) bond motifs is 1. The molecular formula is C21H25N3O. The summed E-state index contributed by atoms with van der Waals surface area (Å²) >= 11 is 0. The zero-order chi connectivity index (χ0) is 17.2. The second kappa shape index (κ2) is 6.87. The highest BCUT2D eigenvalue weighted by atomic mass is 16.2. The first-order valence-corrected chi connectivity index (χ1v) is 9.32. The minimum Gasteiger partial charge on any atom is -0.351 e. The van der Waals surface area contributed by atoms with Gasteiger partial charge in [0.2, 0.25) is 0 Å². The van der Waals surface area contributed by atoms with E-state index in [4.69, 9.17) is 0 Å². The third-order valence-corrected chi connectivity index (χ3v) is 5.51. The fourth-order valence-electron chi connectivity index (χ4n) is 4.05. The van der Waals surface area contributed by atoms with Crippen molar-refractivity contribution in [3.8, 4) is 0 Å². The zero-order valence-corrected chi connectivity index (χ0v) is 14.8. The van der Waals surface area contributed by atoms with Crippen LogP contribution >= 0.6 is 0 Å². The van der Waals surface area contributed by atoms with E-state index in [0.29, 0.717) is 6.04 Å². The van der Waals surface area contributed by atoms with Crippen LogP contribution in [0.25, 0.3) is 0 Å². The monoisotopic (exact) mass is 335 g/mol. The number of anilines is 1. The second-order valence-corrected chi connectivity index (χ2v) is 7.16. The number of hydrogen-bond donors (Lipinski definition) is 0. The molecule has 4 rings (SSSR count). The first-order chi connectivity index (χ1) is 12.2. The fraction of sp³-hybridized carbons (Fsp3) is 0.429. The van der Waals surface area contributed by atoms with Gasteiger partial charge in [0.25, 0.3) is 5.91 Å². The van der Waals surface area contributed by atoms with Crippen LogP contribution < -0.4 is 4.90 Å². The van der Waals surface area contributed by atoms with E-state index in [1.165, 1.54) is 17.5 Å². The van der Waals surface area contributed by atoms with Crippen LogP contribution in [0, 0.1) is 0 Å². The zero-order valence-electron chi connectivity index (χ0n) is 14.8. The van der Waals surface area contributed by atoms with Crippen LogP contribution in [-0.2, 0) is 13.0 Å². The van der Waals surface area contributed by atoms with Gasteiger partial charge in [-0.05, 0) is 55.9 Å². The lowest BCUT2D eigenvalue weighted by Gasteiger charge is -2.35. The van der Waals surface area contributed by atoms with Gasteiger partial charge in [0.1, 0.15) is 5.82 Å². The normalized spacial score (nSPS) is 20.3. The molecule has 1 atom stereocenters. The Morgan fingerprint density at radius 1 is 1.08 bits per heavy atom. The third-order valence-electron chi connectivity index (χ3n) is 5.51. The van der Waals surface area contributed by atoms with E-state index < -0.39 is 0 Å². The molecule has 4 nitrogen and oxygen atoms in total. The van der Waals surface area contributed by atoms with E-state index in [2.05, 4.69) is 41.1 Å². The van der Waals surface area contributed by atoms with Crippen LogP contribution in [0.4, 0.5) is 5.82 Å². The summed E-state index contributed by atoms with van der Waals surface area (Å²) < 4.78 is 0. The maximum atomic E-state index is 13.2. The summed E-state index contributed by atoms with van der Waals surface area (Å²) in [6.45, 7) is 4.74. The molecule has 2 aliphatic heterocycles. The third kappa shape index (κ3) is 3.13. The number of carbonyl (C=O) groups is 1. The molecule has 0 spiro atoms. The SMILES string of the molecule is CC1CCCCN1C(=O)c1cccnc1N1CCc2ccccc2C1. The van der Waals surface area contributed by atoms with Crippen molar-refractivity contribution in [1.82, 2.24) is 9.88 Å². The number of hydrogen-bond acceptors (Lipinski definition) is 3. The molecule has 1 amide bonds. The molecule has 0 saturated carbocycles. The lowest BCUT2D eigenvalue weighted by atomic mass is 9.99. The molecule has 0 aliphatic carbocycles. The Hall–Kier alpha value is -2.36. The van der Waals surface area contributed by atoms with Gasteiger partial charge in [-0.2, -0.15) is 0 Å². The minimum absolute atomic E-state index is 0.133. The molecule has 2 aromatic rings. The average Bonchev–Trinajstić information content (AvgIpc) is 2.67. The predicted molar refractivity (Wildman–Crippen MR) is 99.8 cm³/mol. The maximum absolute atomic E-state index is 13.2. The molecule has 2 aliphatic rings. The number of likely N-dealkylation sites (tertiary alicyclic amines) is 1. The Balaban J connectivity index is 1.62. The molecular weight excluding hydrogens is 310 g/mol. The van der Waals surface area contributed by atoms with Crippen LogP contribution in [0.15, 0.2) is 42.6 Å². The number of piperidine rings is 1. The molecule has 25 heavy (non-hydrogen) atoms. The molecule has 1 saturated heterocycles. The van der Waals surface area contributed by atoms with Crippen molar-refractivity contribution >= 4 is 11.7 Å². The summed E-state index contributed by atoms with van der Waals surface area (Å²) in [5.74, 6) is 0.967. The van der Waals surface area contributed by atoms with E-state index in [-0.39, 0.29) is 5.91 Å². The summed E-state index contributed by atoms with van der Waals surface area (Å²) in [6.07, 6.45) is 6.21. The van der Waals surface area contributed by atoms with Crippen LogP contribution in [0.5, 0.6) is 0 Å².